The van der Waals surface area contributed by atoms with Crippen LogP contribution in [-0.2, 0) is 47.9 Å². The molecule has 6 amide bonds. The van der Waals surface area contributed by atoms with Crippen molar-refractivity contribution in [1.29, 1.82) is 0 Å². The fourth-order valence-electron chi connectivity index (χ4n) is 4.51. The number of hydroxylamine groups is 2. The third kappa shape index (κ3) is 14.7. The average molecular weight is 651 g/mol. The number of imide groups is 2. The van der Waals surface area contributed by atoms with Crippen LogP contribution >= 0.6 is 0 Å². The Hall–Kier alpha value is -4.30. The number of unbranched alkanes of at least 4 members (excludes halogenated alkanes) is 6. The summed E-state index contributed by atoms with van der Waals surface area (Å²) in [5.41, 5.74) is 0. The van der Waals surface area contributed by atoms with Gasteiger partial charge in [-0.2, -0.15) is 0 Å². The van der Waals surface area contributed by atoms with E-state index < -0.39 is 36.1 Å². The lowest BCUT2D eigenvalue weighted by atomic mass is 10.1. The summed E-state index contributed by atoms with van der Waals surface area (Å²) in [6.45, 7) is 4.71. The van der Waals surface area contributed by atoms with Gasteiger partial charge in [0.1, 0.15) is 0 Å². The van der Waals surface area contributed by atoms with Crippen LogP contribution in [0.25, 0.3) is 0 Å². The third-order valence-electron chi connectivity index (χ3n) is 7.14. The molecule has 2 aliphatic rings. The fourth-order valence-corrected chi connectivity index (χ4v) is 4.51. The molecule has 0 saturated carbocycles. The predicted molar refractivity (Wildman–Crippen MR) is 161 cm³/mol. The molecule has 1 atom stereocenters. The predicted octanol–water partition coefficient (Wildman–Crippen LogP) is 2.57. The van der Waals surface area contributed by atoms with Gasteiger partial charge in [-0.15, -0.1) is 0 Å². The highest BCUT2D eigenvalue weighted by atomic mass is 16.9. The molecule has 2 heterocycles. The highest BCUT2D eigenvalue weighted by Gasteiger charge is 2.35. The number of carbonyl (C=O) groups excluding carboxylic acids is 8. The molecule has 1 fully saturated rings. The zero-order valence-corrected chi connectivity index (χ0v) is 26.7. The number of amides is 6. The first-order valence-electron chi connectivity index (χ1n) is 16.0. The van der Waals surface area contributed by atoms with Crippen molar-refractivity contribution in [2.75, 3.05) is 19.6 Å². The van der Waals surface area contributed by atoms with Gasteiger partial charge in [0.2, 0.25) is 11.8 Å². The molecule has 15 heteroatoms. The van der Waals surface area contributed by atoms with E-state index >= 15 is 0 Å². The number of hydrogen-bond acceptors (Lipinski definition) is 11. The van der Waals surface area contributed by atoms with E-state index in [0.29, 0.717) is 76.1 Å². The molecular weight excluding hydrogens is 604 g/mol. The van der Waals surface area contributed by atoms with E-state index in [2.05, 4.69) is 15.5 Å². The van der Waals surface area contributed by atoms with Crippen molar-refractivity contribution in [2.24, 2.45) is 5.92 Å². The largest absolute Gasteiger partial charge is 0.537 e. The second-order valence-electron chi connectivity index (χ2n) is 11.4. The van der Waals surface area contributed by atoms with E-state index in [4.69, 9.17) is 9.47 Å². The van der Waals surface area contributed by atoms with Crippen LogP contribution in [0.5, 0.6) is 0 Å². The van der Waals surface area contributed by atoms with Crippen LogP contribution in [0.3, 0.4) is 0 Å². The fraction of sp³-hybridized carbons (Fsp3) is 0.677. The monoisotopic (exact) mass is 650 g/mol. The van der Waals surface area contributed by atoms with Crippen molar-refractivity contribution in [3.05, 3.63) is 12.2 Å². The quantitative estimate of drug-likeness (QED) is 0.0757. The summed E-state index contributed by atoms with van der Waals surface area (Å²) >= 11 is 0. The van der Waals surface area contributed by atoms with Gasteiger partial charge in [-0.05, 0) is 38.5 Å². The molecule has 0 radical (unpaired) electrons. The molecule has 1 unspecified atom stereocenters. The second-order valence-corrected chi connectivity index (χ2v) is 11.4. The molecule has 0 aromatic heterocycles. The van der Waals surface area contributed by atoms with Crippen molar-refractivity contribution < 1.29 is 52.7 Å². The Bertz CT molecular complexity index is 1100. The summed E-state index contributed by atoms with van der Waals surface area (Å²) in [6.07, 6.45) is 6.91. The van der Waals surface area contributed by atoms with Crippen LogP contribution in [-0.4, -0.2) is 83.5 Å². The van der Waals surface area contributed by atoms with Crippen LogP contribution in [0.15, 0.2) is 12.2 Å². The Kier molecular flexibility index (Phi) is 17.0. The van der Waals surface area contributed by atoms with Gasteiger partial charge in [-0.1, -0.05) is 38.2 Å². The first-order chi connectivity index (χ1) is 22.0. The minimum atomic E-state index is -1.32. The van der Waals surface area contributed by atoms with Gasteiger partial charge in [0, 0.05) is 69.8 Å². The van der Waals surface area contributed by atoms with Crippen molar-refractivity contribution in [3.63, 3.8) is 0 Å². The third-order valence-corrected chi connectivity index (χ3v) is 7.14. The lowest BCUT2D eigenvalue weighted by molar-refractivity contribution is -0.199. The molecule has 2 rings (SSSR count). The van der Waals surface area contributed by atoms with Crippen LogP contribution < -0.4 is 10.6 Å². The molecule has 256 valence electrons. The minimum Gasteiger partial charge on any atom is -0.425 e. The maximum Gasteiger partial charge on any atom is 0.537 e. The van der Waals surface area contributed by atoms with E-state index in [1.54, 1.807) is 13.8 Å². The lowest BCUT2D eigenvalue weighted by Crippen LogP contribution is -2.36. The number of esters is 1. The Morgan fingerprint density at radius 2 is 1.20 bits per heavy atom. The van der Waals surface area contributed by atoms with Crippen molar-refractivity contribution in [1.82, 2.24) is 20.6 Å². The van der Waals surface area contributed by atoms with E-state index in [1.165, 1.54) is 17.1 Å². The Balaban J connectivity index is 1.41. The number of carbonyl (C=O) groups is 8. The standard InChI is InChI=1S/C31H46N4O11/c1-22(2)30(45-31(43)46-35-27(40)17-18-28(35)41)44-29(42)14-8-4-10-20-33-23(36)12-6-3-9-19-32-24(37)13-7-5-11-21-34-25(38)15-16-26(34)39/h15-16,22,30H,3-14,17-21H2,1-2H3,(H,32,37)(H,33,36). The van der Waals surface area contributed by atoms with Gasteiger partial charge in [-0.25, -0.2) is 4.79 Å². The van der Waals surface area contributed by atoms with Crippen molar-refractivity contribution in [3.8, 4) is 0 Å². The first-order valence-corrected chi connectivity index (χ1v) is 16.0. The maximum atomic E-state index is 12.2. The van der Waals surface area contributed by atoms with Crippen LogP contribution in [0.4, 0.5) is 4.79 Å². The van der Waals surface area contributed by atoms with Crippen molar-refractivity contribution in [2.45, 2.75) is 110 Å². The van der Waals surface area contributed by atoms with Gasteiger partial charge in [0.05, 0.1) is 0 Å². The first kappa shape index (κ1) is 37.9. The average Bonchev–Trinajstić information content (AvgIpc) is 3.50. The highest BCUT2D eigenvalue weighted by Crippen LogP contribution is 2.16. The zero-order valence-electron chi connectivity index (χ0n) is 26.7. The molecule has 0 aromatic rings. The summed E-state index contributed by atoms with van der Waals surface area (Å²) < 4.78 is 10.2. The van der Waals surface area contributed by atoms with Gasteiger partial charge < -0.3 is 20.1 Å². The van der Waals surface area contributed by atoms with E-state index in [-0.39, 0.29) is 42.9 Å². The van der Waals surface area contributed by atoms with Gasteiger partial charge in [0.15, 0.2) is 0 Å². The smallest absolute Gasteiger partial charge is 0.425 e. The van der Waals surface area contributed by atoms with Gasteiger partial charge >= 0.3 is 12.1 Å². The molecule has 1 saturated heterocycles. The summed E-state index contributed by atoms with van der Waals surface area (Å²) in [5.74, 6) is -2.95. The normalized spacial score (nSPS) is 15.0. The van der Waals surface area contributed by atoms with Crippen LogP contribution in [0, 0.1) is 5.92 Å². The van der Waals surface area contributed by atoms with Crippen molar-refractivity contribution >= 4 is 47.6 Å². The molecule has 0 bridgehead atoms. The second kappa shape index (κ2) is 20.7. The van der Waals surface area contributed by atoms with Gasteiger partial charge in [0.25, 0.3) is 29.9 Å². The Morgan fingerprint density at radius 3 is 1.72 bits per heavy atom. The van der Waals surface area contributed by atoms with E-state index in [1.807, 2.05) is 0 Å². The number of hydrogen-bond donors (Lipinski definition) is 2. The Morgan fingerprint density at radius 1 is 0.696 bits per heavy atom. The van der Waals surface area contributed by atoms with Crippen LogP contribution in [0.2, 0.25) is 0 Å². The number of rotatable bonds is 22. The summed E-state index contributed by atoms with van der Waals surface area (Å²) in [4.78, 5) is 100. The maximum absolute atomic E-state index is 12.2. The molecule has 15 nitrogen and oxygen atoms in total. The van der Waals surface area contributed by atoms with E-state index in [0.717, 1.165) is 19.3 Å². The lowest BCUT2D eigenvalue weighted by Gasteiger charge is -2.22. The summed E-state index contributed by atoms with van der Waals surface area (Å²) in [5, 5.41) is 6.06. The molecule has 2 N–H and O–H groups in total. The number of ether oxygens (including phenoxy) is 2. The topological polar surface area (TPSA) is 195 Å². The molecule has 0 aliphatic carbocycles. The molecule has 0 aromatic carbocycles. The SMILES string of the molecule is CC(C)C(OC(=O)CCCCCNC(=O)CCCCCNC(=O)CCCCCN1C(=O)C=CC1=O)OC(=O)ON1C(=O)CCC1=O. The number of nitrogens with zero attached hydrogens (tertiary/aromatic N) is 2. The van der Waals surface area contributed by atoms with Crippen LogP contribution in [0.1, 0.15) is 104 Å². The van der Waals surface area contributed by atoms with E-state index in [9.17, 15) is 38.4 Å². The summed E-state index contributed by atoms with van der Waals surface area (Å²) in [7, 11) is 0. The minimum absolute atomic E-state index is 0.0378. The number of nitrogens with one attached hydrogen (secondary N) is 2. The molecule has 0 spiro atoms. The van der Waals surface area contributed by atoms with Gasteiger partial charge in [-0.3, -0.25) is 43.3 Å². The molecule has 2 aliphatic heterocycles. The Labute approximate surface area is 268 Å². The molecular formula is C31H46N4O11. The zero-order chi connectivity index (χ0) is 33.9. The highest BCUT2D eigenvalue weighted by molar-refractivity contribution is 6.12. The summed E-state index contributed by atoms with van der Waals surface area (Å²) in [6, 6.07) is 0. The molecule has 46 heavy (non-hydrogen) atoms.